The lowest BCUT2D eigenvalue weighted by Crippen LogP contribution is -2.16. The summed E-state index contributed by atoms with van der Waals surface area (Å²) >= 11 is 5.59. The fourth-order valence-electron chi connectivity index (χ4n) is 1.74. The van der Waals surface area contributed by atoms with Gasteiger partial charge in [-0.05, 0) is 36.8 Å². The molecule has 3 N–H and O–H groups in total. The summed E-state index contributed by atoms with van der Waals surface area (Å²) in [7, 11) is -4.12. The number of hydrogen-bond donors (Lipinski definition) is 2. The number of halogens is 3. The maximum absolute atomic E-state index is 13.7. The number of nitrogens with two attached hydrogens (primary N) is 1. The van der Waals surface area contributed by atoms with Gasteiger partial charge in [0, 0.05) is 0 Å². The highest BCUT2D eigenvalue weighted by Crippen LogP contribution is 2.27. The van der Waals surface area contributed by atoms with Gasteiger partial charge < -0.3 is 5.73 Å². The van der Waals surface area contributed by atoms with E-state index in [2.05, 4.69) is 4.72 Å². The third kappa shape index (κ3) is 3.08. The van der Waals surface area contributed by atoms with Gasteiger partial charge in [0.2, 0.25) is 0 Å². The first-order valence-electron chi connectivity index (χ1n) is 5.75. The fraction of sp³-hybridized carbons (Fsp3) is 0.0769. The molecular weight excluding hydrogens is 322 g/mol. The zero-order valence-electron chi connectivity index (χ0n) is 10.8. The second kappa shape index (κ2) is 5.50. The van der Waals surface area contributed by atoms with Crippen LogP contribution >= 0.6 is 11.6 Å². The van der Waals surface area contributed by atoms with Crippen LogP contribution in [0.2, 0.25) is 5.02 Å². The smallest absolute Gasteiger partial charge is 0.262 e. The monoisotopic (exact) mass is 332 g/mol. The zero-order chi connectivity index (χ0) is 15.8. The molecule has 21 heavy (non-hydrogen) atoms. The molecule has 0 fully saturated rings. The van der Waals surface area contributed by atoms with Gasteiger partial charge in [0.25, 0.3) is 10.0 Å². The van der Waals surface area contributed by atoms with Gasteiger partial charge in [-0.15, -0.1) is 0 Å². The van der Waals surface area contributed by atoms with Crippen LogP contribution in [0.4, 0.5) is 20.2 Å². The van der Waals surface area contributed by atoms with Gasteiger partial charge in [0.1, 0.15) is 5.82 Å². The van der Waals surface area contributed by atoms with E-state index in [9.17, 15) is 17.2 Å². The van der Waals surface area contributed by atoms with E-state index in [0.717, 1.165) is 12.1 Å². The Bertz CT molecular complexity index is 810. The summed E-state index contributed by atoms with van der Waals surface area (Å²) in [6.07, 6.45) is 0. The molecule has 0 aliphatic carbocycles. The van der Waals surface area contributed by atoms with Crippen LogP contribution in [0.25, 0.3) is 0 Å². The Labute approximate surface area is 125 Å². The maximum Gasteiger partial charge on any atom is 0.262 e. The summed E-state index contributed by atoms with van der Waals surface area (Å²) in [6, 6.07) is 5.89. The Morgan fingerprint density at radius 1 is 1.24 bits per heavy atom. The molecule has 2 aromatic carbocycles. The van der Waals surface area contributed by atoms with Crippen molar-refractivity contribution >= 4 is 33.0 Å². The summed E-state index contributed by atoms with van der Waals surface area (Å²) in [5.74, 6) is -1.61. The predicted molar refractivity (Wildman–Crippen MR) is 77.8 cm³/mol. The minimum absolute atomic E-state index is 0.150. The second-order valence-electron chi connectivity index (χ2n) is 4.35. The highest BCUT2D eigenvalue weighted by molar-refractivity contribution is 7.92. The highest BCUT2D eigenvalue weighted by atomic mass is 35.5. The van der Waals surface area contributed by atoms with Gasteiger partial charge in [0.15, 0.2) is 5.82 Å². The highest BCUT2D eigenvalue weighted by Gasteiger charge is 2.21. The van der Waals surface area contributed by atoms with Crippen molar-refractivity contribution in [3.8, 4) is 0 Å². The van der Waals surface area contributed by atoms with E-state index in [1.165, 1.54) is 25.1 Å². The molecule has 0 unspecified atom stereocenters. The van der Waals surface area contributed by atoms with Crippen LogP contribution in [-0.4, -0.2) is 8.42 Å². The first-order chi connectivity index (χ1) is 9.72. The van der Waals surface area contributed by atoms with E-state index < -0.39 is 21.7 Å². The third-order valence-corrected chi connectivity index (χ3v) is 4.58. The lowest BCUT2D eigenvalue weighted by atomic mass is 10.2. The fourth-order valence-corrected chi connectivity index (χ4v) is 3.24. The molecule has 0 radical (unpaired) electrons. The first-order valence-corrected chi connectivity index (χ1v) is 7.61. The summed E-state index contributed by atoms with van der Waals surface area (Å²) < 4.78 is 53.6. The molecule has 0 aliphatic heterocycles. The normalized spacial score (nSPS) is 11.4. The summed E-state index contributed by atoms with van der Waals surface area (Å²) in [4.78, 5) is -0.235. The number of sulfonamides is 1. The van der Waals surface area contributed by atoms with Crippen LogP contribution in [0.1, 0.15) is 5.56 Å². The van der Waals surface area contributed by atoms with Gasteiger partial charge in [0.05, 0.1) is 21.3 Å². The number of aryl methyl sites for hydroxylation is 1. The van der Waals surface area contributed by atoms with E-state index in [1.54, 1.807) is 0 Å². The van der Waals surface area contributed by atoms with Crippen molar-refractivity contribution < 1.29 is 17.2 Å². The van der Waals surface area contributed by atoms with Gasteiger partial charge in [-0.2, -0.15) is 0 Å². The topological polar surface area (TPSA) is 72.2 Å². The zero-order valence-corrected chi connectivity index (χ0v) is 12.4. The molecule has 2 rings (SSSR count). The molecule has 0 spiro atoms. The van der Waals surface area contributed by atoms with Crippen molar-refractivity contribution in [2.24, 2.45) is 0 Å². The molecule has 0 saturated heterocycles. The third-order valence-electron chi connectivity index (χ3n) is 2.78. The molecule has 8 heteroatoms. The van der Waals surface area contributed by atoms with Crippen molar-refractivity contribution in [2.75, 3.05) is 10.5 Å². The molecule has 0 saturated carbocycles. The van der Waals surface area contributed by atoms with Gasteiger partial charge in [-0.3, -0.25) is 4.72 Å². The van der Waals surface area contributed by atoms with Crippen molar-refractivity contribution in [2.45, 2.75) is 11.8 Å². The van der Waals surface area contributed by atoms with Gasteiger partial charge in [-0.1, -0.05) is 17.7 Å². The molecule has 0 heterocycles. The van der Waals surface area contributed by atoms with E-state index in [-0.39, 0.29) is 26.9 Å². The molecular formula is C13H11ClF2N2O2S. The second-order valence-corrected chi connectivity index (χ2v) is 6.40. The van der Waals surface area contributed by atoms with Crippen LogP contribution < -0.4 is 10.5 Å². The molecule has 2 aromatic rings. The standard InChI is InChI=1S/C13H11ClF2N2O2S/c1-7-5-9(15)10(17)6-12(7)21(19,20)18-11-4-2-3-8(14)13(11)16/h2-6,18H,17H2,1H3. The molecule has 112 valence electrons. The molecule has 4 nitrogen and oxygen atoms in total. The number of nitrogens with one attached hydrogen (secondary N) is 1. The Hall–Kier alpha value is -1.86. The Morgan fingerprint density at radius 2 is 1.90 bits per heavy atom. The van der Waals surface area contributed by atoms with Crippen LogP contribution in [0.5, 0.6) is 0 Å². The lowest BCUT2D eigenvalue weighted by molar-refractivity contribution is 0.596. The van der Waals surface area contributed by atoms with Crippen LogP contribution in [0.15, 0.2) is 35.2 Å². The Balaban J connectivity index is 2.48. The SMILES string of the molecule is Cc1cc(F)c(N)cc1S(=O)(=O)Nc1cccc(Cl)c1F. The number of anilines is 2. The number of benzene rings is 2. The quantitative estimate of drug-likeness (QED) is 0.847. The molecule has 0 aromatic heterocycles. The minimum Gasteiger partial charge on any atom is -0.396 e. The largest absolute Gasteiger partial charge is 0.396 e. The summed E-state index contributed by atoms with van der Waals surface area (Å²) in [5.41, 5.74) is 4.91. The average Bonchev–Trinajstić information content (AvgIpc) is 2.39. The molecule has 0 atom stereocenters. The van der Waals surface area contributed by atoms with Crippen molar-refractivity contribution in [1.29, 1.82) is 0 Å². The maximum atomic E-state index is 13.7. The number of nitrogen functional groups attached to an aromatic ring is 1. The average molecular weight is 333 g/mol. The van der Waals surface area contributed by atoms with Gasteiger partial charge >= 0.3 is 0 Å². The molecule has 0 aliphatic rings. The van der Waals surface area contributed by atoms with Crippen LogP contribution in [-0.2, 0) is 10.0 Å². The number of hydrogen-bond acceptors (Lipinski definition) is 3. The van der Waals surface area contributed by atoms with E-state index in [1.807, 2.05) is 0 Å². The van der Waals surface area contributed by atoms with E-state index in [4.69, 9.17) is 17.3 Å². The Kier molecular flexibility index (Phi) is 4.06. The van der Waals surface area contributed by atoms with Gasteiger partial charge in [-0.25, -0.2) is 17.2 Å². The van der Waals surface area contributed by atoms with E-state index in [0.29, 0.717) is 0 Å². The Morgan fingerprint density at radius 3 is 2.57 bits per heavy atom. The van der Waals surface area contributed by atoms with Crippen LogP contribution in [0, 0.1) is 18.6 Å². The molecule has 0 bridgehead atoms. The molecule has 0 amide bonds. The van der Waals surface area contributed by atoms with Crippen LogP contribution in [0.3, 0.4) is 0 Å². The lowest BCUT2D eigenvalue weighted by Gasteiger charge is -2.12. The summed E-state index contributed by atoms with van der Waals surface area (Å²) in [6.45, 7) is 1.41. The predicted octanol–water partition coefficient (Wildman–Crippen LogP) is 3.31. The van der Waals surface area contributed by atoms with Crippen molar-refractivity contribution in [3.63, 3.8) is 0 Å². The first kappa shape index (κ1) is 15.5. The van der Waals surface area contributed by atoms with Crippen molar-refractivity contribution in [3.05, 3.63) is 52.6 Å². The van der Waals surface area contributed by atoms with Crippen molar-refractivity contribution in [1.82, 2.24) is 0 Å². The minimum atomic E-state index is -4.12. The summed E-state index contributed by atoms with van der Waals surface area (Å²) in [5, 5.41) is -0.217. The number of rotatable bonds is 3. The van der Waals surface area contributed by atoms with E-state index >= 15 is 0 Å².